The van der Waals surface area contributed by atoms with Crippen molar-refractivity contribution < 1.29 is 26.0 Å². The molecule has 0 bridgehead atoms. The van der Waals surface area contributed by atoms with Crippen molar-refractivity contribution in [1.82, 2.24) is 9.47 Å². The fourth-order valence-electron chi connectivity index (χ4n) is 6.39. The highest BCUT2D eigenvalue weighted by molar-refractivity contribution is 6.03. The first-order valence-corrected chi connectivity index (χ1v) is 17.8. The zero-order valence-electron chi connectivity index (χ0n) is 29.7. The highest BCUT2D eigenvalue weighted by atomic mass is 16.5. The van der Waals surface area contributed by atoms with E-state index in [9.17, 15) is 9.59 Å². The molecule has 0 unspecified atom stereocenters. The largest absolute Gasteiger partial charge is 0.493 e. The molecule has 2 aliphatic heterocycles. The van der Waals surface area contributed by atoms with Crippen LogP contribution in [-0.4, -0.2) is 65.9 Å². The molecule has 3 heterocycles. The van der Waals surface area contributed by atoms with Crippen molar-refractivity contribution >= 4 is 29.0 Å². The molecule has 0 spiro atoms. The molecule has 2 fully saturated rings. The van der Waals surface area contributed by atoms with Gasteiger partial charge in [0.25, 0.3) is 6.47 Å². The highest BCUT2D eigenvalue weighted by Crippen LogP contribution is 2.31. The van der Waals surface area contributed by atoms with Crippen molar-refractivity contribution in [2.24, 2.45) is 22.7 Å². The first kappa shape index (κ1) is 39.9. The second-order valence-electron chi connectivity index (χ2n) is 13.0. The standard InChI is InChI=1S/C19H22N2O.C17H31NO.C3H6O2.H2O.H2/c1-3-4-14-22-18-10-7-9-17-16(18)12-13-21(17)19-11-6-5-8-15(2)20-19;1-3-17(19)12-15-8-10-18(11-9-15)13-16-6-4-14(2)5-7-16;1-2-5-3-4;;/h6-13H,3-5,14H2,1-2H3;14-16H,3-13H2,1-2H3;3H,2H2,1H3;1H2;1H. The Labute approximate surface area is 285 Å². The Hall–Kier alpha value is -3.23. The van der Waals surface area contributed by atoms with Crippen LogP contribution in [0.5, 0.6) is 5.75 Å². The van der Waals surface area contributed by atoms with Crippen LogP contribution >= 0.6 is 0 Å². The number of hydrogen-bond donors (Lipinski definition) is 0. The maximum Gasteiger partial charge on any atom is 0.293 e. The number of aliphatic imine (C=N–C) groups is 1. The van der Waals surface area contributed by atoms with Crippen LogP contribution in [0.1, 0.15) is 107 Å². The second kappa shape index (κ2) is 22.4. The number of rotatable bonds is 11. The number of aromatic nitrogens is 1. The monoisotopic (exact) mass is 653 g/mol. The summed E-state index contributed by atoms with van der Waals surface area (Å²) in [4.78, 5) is 28.0. The van der Waals surface area contributed by atoms with Crippen LogP contribution in [0.2, 0.25) is 0 Å². The number of ether oxygens (including phenoxy) is 2. The topological polar surface area (TPSA) is 105 Å². The normalized spacial score (nSPS) is 19.9. The van der Waals surface area contributed by atoms with E-state index in [1.165, 1.54) is 58.2 Å². The van der Waals surface area contributed by atoms with Gasteiger partial charge in [-0.05, 0) is 107 Å². The second-order valence-corrected chi connectivity index (χ2v) is 13.0. The number of benzene rings is 1. The molecule has 8 nitrogen and oxygen atoms in total. The van der Waals surface area contributed by atoms with Crippen LogP contribution in [-0.2, 0) is 14.3 Å². The molecule has 0 radical (unpaired) electrons. The minimum absolute atomic E-state index is 0. The lowest BCUT2D eigenvalue weighted by atomic mass is 9.82. The Balaban J connectivity index is 0.000000409. The average molecular weight is 654 g/mol. The summed E-state index contributed by atoms with van der Waals surface area (Å²) in [5.41, 5.74) is 2.18. The molecular weight excluding hydrogens is 590 g/mol. The van der Waals surface area contributed by atoms with E-state index in [0.29, 0.717) is 24.8 Å². The molecule has 264 valence electrons. The lowest BCUT2D eigenvalue weighted by Crippen LogP contribution is -2.38. The molecule has 0 amide bonds. The number of hydrogen-bond acceptors (Lipinski definition) is 6. The molecule has 2 aromatic rings. The summed E-state index contributed by atoms with van der Waals surface area (Å²) in [6.45, 7) is 15.8. The van der Waals surface area contributed by atoms with Gasteiger partial charge in [-0.1, -0.05) is 58.3 Å². The zero-order chi connectivity index (χ0) is 33.1. The molecule has 1 saturated carbocycles. The number of carbonyl (C=O) groups is 2. The van der Waals surface area contributed by atoms with Gasteiger partial charge in [0.2, 0.25) is 0 Å². The number of allylic oxidation sites excluding steroid dienone is 4. The molecule has 3 aliphatic rings. The summed E-state index contributed by atoms with van der Waals surface area (Å²) in [5, 5.41) is 1.14. The van der Waals surface area contributed by atoms with Gasteiger partial charge in [0.05, 0.1) is 18.7 Å². The van der Waals surface area contributed by atoms with E-state index < -0.39 is 0 Å². The van der Waals surface area contributed by atoms with E-state index in [1.807, 2.05) is 26.0 Å². The maximum absolute atomic E-state index is 11.5. The molecule has 8 heteroatoms. The average Bonchev–Trinajstić information content (AvgIpc) is 3.39. The maximum atomic E-state index is 11.5. The summed E-state index contributed by atoms with van der Waals surface area (Å²) in [6, 6.07) is 8.31. The number of piperidine rings is 1. The number of ketones is 1. The number of likely N-dealkylation sites (tertiary alicyclic amines) is 1. The molecule has 1 aromatic carbocycles. The third kappa shape index (κ3) is 13.8. The van der Waals surface area contributed by atoms with Crippen molar-refractivity contribution in [1.29, 1.82) is 0 Å². The van der Waals surface area contributed by atoms with Gasteiger partial charge >= 0.3 is 0 Å². The van der Waals surface area contributed by atoms with Gasteiger partial charge in [0.1, 0.15) is 17.4 Å². The third-order valence-corrected chi connectivity index (χ3v) is 9.31. The summed E-state index contributed by atoms with van der Waals surface area (Å²) in [6.07, 6.45) is 21.4. The van der Waals surface area contributed by atoms with Crippen LogP contribution in [0, 0.1) is 17.8 Å². The Morgan fingerprint density at radius 3 is 2.43 bits per heavy atom. The summed E-state index contributed by atoms with van der Waals surface area (Å²) in [5.74, 6) is 4.95. The van der Waals surface area contributed by atoms with Gasteiger partial charge in [0, 0.05) is 38.1 Å². The molecule has 5 rings (SSSR count). The Bertz CT molecular complexity index is 1290. The van der Waals surface area contributed by atoms with Crippen LogP contribution < -0.4 is 4.74 Å². The summed E-state index contributed by atoms with van der Waals surface area (Å²) in [7, 11) is 0. The Morgan fingerprint density at radius 1 is 1.04 bits per heavy atom. The number of unbranched alkanes of at least 4 members (excludes halogenated alkanes) is 1. The number of Topliss-reactive ketones (excluding diaryl/α,β-unsaturated/α-hetero) is 1. The third-order valence-electron chi connectivity index (χ3n) is 9.31. The van der Waals surface area contributed by atoms with E-state index in [4.69, 9.17) is 4.74 Å². The van der Waals surface area contributed by atoms with Gasteiger partial charge < -0.3 is 24.4 Å². The minimum atomic E-state index is 0. The number of fused-ring (bicyclic) bond motifs is 1. The quantitative estimate of drug-likeness (QED) is 0.179. The molecule has 1 aliphatic carbocycles. The molecule has 1 saturated heterocycles. The SMILES string of the molecule is CCC(=O)CC1CCN(CC2CCC(C)CC2)CC1.CCCCOc1cccc2c1ccn2C1=NC(C)=CCC=C1.CCOC=O.O.[HH]. The Kier molecular flexibility index (Phi) is 19.0. The van der Waals surface area contributed by atoms with E-state index in [2.05, 4.69) is 69.6 Å². The number of nitrogens with zero attached hydrogens (tertiary/aromatic N) is 3. The van der Waals surface area contributed by atoms with Crippen LogP contribution in [0.4, 0.5) is 0 Å². The highest BCUT2D eigenvalue weighted by Gasteiger charge is 2.25. The van der Waals surface area contributed by atoms with E-state index >= 15 is 0 Å². The van der Waals surface area contributed by atoms with Gasteiger partial charge in [-0.3, -0.25) is 9.59 Å². The van der Waals surface area contributed by atoms with Gasteiger partial charge in [-0.2, -0.15) is 0 Å². The van der Waals surface area contributed by atoms with Gasteiger partial charge in [0.15, 0.2) is 0 Å². The molecule has 0 atom stereocenters. The van der Waals surface area contributed by atoms with Crippen LogP contribution in [0.15, 0.2) is 59.4 Å². The fourth-order valence-corrected chi connectivity index (χ4v) is 6.39. The predicted molar refractivity (Wildman–Crippen MR) is 196 cm³/mol. The van der Waals surface area contributed by atoms with Crippen molar-refractivity contribution in [3.8, 4) is 5.75 Å². The lowest BCUT2D eigenvalue weighted by molar-refractivity contribution is -0.128. The predicted octanol–water partition coefficient (Wildman–Crippen LogP) is 8.43. The Morgan fingerprint density at radius 2 is 1.79 bits per heavy atom. The van der Waals surface area contributed by atoms with E-state index in [-0.39, 0.29) is 6.90 Å². The lowest BCUT2D eigenvalue weighted by Gasteiger charge is -2.36. The number of carbonyl (C=O) groups excluding carboxylic acids is 2. The van der Waals surface area contributed by atoms with Gasteiger partial charge in [-0.25, -0.2) is 4.99 Å². The minimum Gasteiger partial charge on any atom is -0.493 e. The molecule has 47 heavy (non-hydrogen) atoms. The molecule has 1 aromatic heterocycles. The van der Waals surface area contributed by atoms with Crippen LogP contribution in [0.3, 0.4) is 0 Å². The van der Waals surface area contributed by atoms with Crippen molar-refractivity contribution in [3.05, 3.63) is 54.4 Å². The van der Waals surface area contributed by atoms with Crippen molar-refractivity contribution in [2.45, 2.75) is 105 Å². The summed E-state index contributed by atoms with van der Waals surface area (Å²) < 4.78 is 12.2. The first-order chi connectivity index (χ1) is 22.4. The fraction of sp³-hybridized carbons (Fsp3) is 0.615. The van der Waals surface area contributed by atoms with Crippen molar-refractivity contribution in [2.75, 3.05) is 32.8 Å². The smallest absolute Gasteiger partial charge is 0.293 e. The van der Waals surface area contributed by atoms with E-state index in [0.717, 1.165) is 78.7 Å². The van der Waals surface area contributed by atoms with Crippen LogP contribution in [0.25, 0.3) is 10.9 Å². The summed E-state index contributed by atoms with van der Waals surface area (Å²) >= 11 is 0. The van der Waals surface area contributed by atoms with E-state index in [1.54, 1.807) is 6.92 Å². The van der Waals surface area contributed by atoms with Gasteiger partial charge in [-0.15, -0.1) is 0 Å². The molecular formula is C39H63N3O5. The molecule has 2 N–H and O–H groups in total. The van der Waals surface area contributed by atoms with Crippen molar-refractivity contribution in [3.63, 3.8) is 0 Å². The zero-order valence-corrected chi connectivity index (χ0v) is 29.7. The first-order valence-electron chi connectivity index (χ1n) is 17.8.